The van der Waals surface area contributed by atoms with Gasteiger partial charge in [0, 0.05) is 26.2 Å². The van der Waals surface area contributed by atoms with Crippen molar-refractivity contribution >= 4 is 11.7 Å². The smallest absolute Gasteiger partial charge is 0.270 e. The Balaban J connectivity index is 1.66. The number of hydrogen-bond donors (Lipinski definition) is 1. The van der Waals surface area contributed by atoms with Crippen LogP contribution in [0.5, 0.6) is 11.5 Å². The first kappa shape index (κ1) is 18.0. The molecule has 1 amide bonds. The van der Waals surface area contributed by atoms with E-state index in [1.807, 2.05) is 30.1 Å². The number of unbranched alkanes of at least 4 members (excludes halogenated alkanes) is 1. The van der Waals surface area contributed by atoms with Gasteiger partial charge in [0.1, 0.15) is 17.3 Å². The fraction of sp³-hybridized carbons (Fsp3) is 0.421. The number of aromatic nitrogens is 2. The van der Waals surface area contributed by atoms with Crippen LogP contribution in [-0.4, -0.2) is 36.3 Å². The molecular formula is C19H24N4O3. The third kappa shape index (κ3) is 4.22. The molecule has 7 heteroatoms. The first-order chi connectivity index (χ1) is 12.6. The Hall–Kier alpha value is -2.83. The predicted octanol–water partition coefficient (Wildman–Crippen LogP) is 2.68. The van der Waals surface area contributed by atoms with Gasteiger partial charge in [-0.05, 0) is 31.0 Å². The van der Waals surface area contributed by atoms with E-state index in [2.05, 4.69) is 22.2 Å². The summed E-state index contributed by atoms with van der Waals surface area (Å²) in [5.74, 6) is 2.55. The van der Waals surface area contributed by atoms with Crippen molar-refractivity contribution in [3.8, 4) is 11.5 Å². The molecule has 0 atom stereocenters. The number of carbonyl (C=O) groups is 1. The van der Waals surface area contributed by atoms with E-state index in [1.54, 1.807) is 13.0 Å². The van der Waals surface area contributed by atoms with Crippen LogP contribution in [-0.2, 0) is 6.54 Å². The molecule has 1 N–H and O–H groups in total. The Morgan fingerprint density at radius 1 is 1.23 bits per heavy atom. The SMILES string of the molecule is CCCCN(C)c1cc(C(=O)NCc2ccc3c(c2)OCO3)nc(C)n1. The van der Waals surface area contributed by atoms with E-state index in [4.69, 9.17) is 9.47 Å². The summed E-state index contributed by atoms with van der Waals surface area (Å²) in [6.45, 7) is 5.46. The van der Waals surface area contributed by atoms with E-state index in [0.29, 0.717) is 23.8 Å². The average molecular weight is 356 g/mol. The van der Waals surface area contributed by atoms with Crippen LogP contribution >= 0.6 is 0 Å². The zero-order chi connectivity index (χ0) is 18.5. The van der Waals surface area contributed by atoms with Gasteiger partial charge in [0.25, 0.3) is 5.91 Å². The van der Waals surface area contributed by atoms with Gasteiger partial charge >= 0.3 is 0 Å². The van der Waals surface area contributed by atoms with E-state index in [1.165, 1.54) is 0 Å². The molecule has 0 unspecified atom stereocenters. The quantitative estimate of drug-likeness (QED) is 0.822. The Morgan fingerprint density at radius 3 is 2.85 bits per heavy atom. The van der Waals surface area contributed by atoms with Crippen LogP contribution in [0.1, 0.15) is 41.6 Å². The summed E-state index contributed by atoms with van der Waals surface area (Å²) in [4.78, 5) is 23.3. The Morgan fingerprint density at radius 2 is 2.04 bits per heavy atom. The van der Waals surface area contributed by atoms with Crippen LogP contribution in [0.3, 0.4) is 0 Å². The van der Waals surface area contributed by atoms with Crippen LogP contribution < -0.4 is 19.7 Å². The Bertz CT molecular complexity index is 794. The fourth-order valence-corrected chi connectivity index (χ4v) is 2.70. The largest absolute Gasteiger partial charge is 0.454 e. The minimum absolute atomic E-state index is 0.224. The molecule has 0 bridgehead atoms. The van der Waals surface area contributed by atoms with E-state index < -0.39 is 0 Å². The van der Waals surface area contributed by atoms with E-state index >= 15 is 0 Å². The highest BCUT2D eigenvalue weighted by Gasteiger charge is 2.15. The van der Waals surface area contributed by atoms with Crippen molar-refractivity contribution in [3.05, 3.63) is 41.3 Å². The highest BCUT2D eigenvalue weighted by atomic mass is 16.7. The van der Waals surface area contributed by atoms with Crippen molar-refractivity contribution in [2.24, 2.45) is 0 Å². The Kier molecular flexibility index (Phi) is 5.55. The number of amides is 1. The molecular weight excluding hydrogens is 332 g/mol. The summed E-state index contributed by atoms with van der Waals surface area (Å²) in [6, 6.07) is 7.36. The van der Waals surface area contributed by atoms with Gasteiger partial charge in [-0.15, -0.1) is 0 Å². The van der Waals surface area contributed by atoms with Crippen molar-refractivity contribution < 1.29 is 14.3 Å². The van der Waals surface area contributed by atoms with Gasteiger partial charge in [0.05, 0.1) is 0 Å². The lowest BCUT2D eigenvalue weighted by atomic mass is 10.2. The van der Waals surface area contributed by atoms with E-state index in [0.717, 1.165) is 36.5 Å². The minimum atomic E-state index is -0.224. The number of aryl methyl sites for hydroxylation is 1. The second kappa shape index (κ2) is 8.03. The summed E-state index contributed by atoms with van der Waals surface area (Å²) >= 11 is 0. The van der Waals surface area contributed by atoms with Gasteiger partial charge in [-0.2, -0.15) is 0 Å². The molecule has 3 rings (SSSR count). The molecule has 1 aliphatic heterocycles. The number of hydrogen-bond acceptors (Lipinski definition) is 6. The molecule has 0 aliphatic carbocycles. The molecule has 1 aromatic carbocycles. The fourth-order valence-electron chi connectivity index (χ4n) is 2.70. The number of rotatable bonds is 7. The first-order valence-corrected chi connectivity index (χ1v) is 8.80. The monoisotopic (exact) mass is 356 g/mol. The first-order valence-electron chi connectivity index (χ1n) is 8.80. The number of anilines is 1. The highest BCUT2D eigenvalue weighted by molar-refractivity contribution is 5.92. The molecule has 0 radical (unpaired) electrons. The highest BCUT2D eigenvalue weighted by Crippen LogP contribution is 2.32. The summed E-state index contributed by atoms with van der Waals surface area (Å²) in [7, 11) is 1.98. The molecule has 1 aromatic heterocycles. The normalized spacial score (nSPS) is 12.1. The molecule has 0 saturated carbocycles. The van der Waals surface area contributed by atoms with Crippen LogP contribution in [0.4, 0.5) is 5.82 Å². The molecule has 0 saturated heterocycles. The maximum Gasteiger partial charge on any atom is 0.270 e. The Labute approximate surface area is 153 Å². The number of ether oxygens (including phenoxy) is 2. The lowest BCUT2D eigenvalue weighted by Crippen LogP contribution is -2.26. The molecule has 138 valence electrons. The lowest BCUT2D eigenvalue weighted by Gasteiger charge is -2.18. The second-order valence-electron chi connectivity index (χ2n) is 6.30. The van der Waals surface area contributed by atoms with Gasteiger partial charge in [-0.3, -0.25) is 4.79 Å². The van der Waals surface area contributed by atoms with Gasteiger partial charge in [0.15, 0.2) is 11.5 Å². The van der Waals surface area contributed by atoms with Gasteiger partial charge in [-0.1, -0.05) is 19.4 Å². The van der Waals surface area contributed by atoms with Crippen LogP contribution in [0.2, 0.25) is 0 Å². The van der Waals surface area contributed by atoms with Crippen molar-refractivity contribution in [3.63, 3.8) is 0 Å². The third-order valence-corrected chi connectivity index (χ3v) is 4.19. The number of nitrogens with one attached hydrogen (secondary N) is 1. The van der Waals surface area contributed by atoms with Crippen molar-refractivity contribution in [2.45, 2.75) is 33.2 Å². The van der Waals surface area contributed by atoms with E-state index in [-0.39, 0.29) is 12.7 Å². The standard InChI is InChI=1S/C19H24N4O3/c1-4-5-8-23(3)18-10-15(21-13(2)22-18)19(24)20-11-14-6-7-16-17(9-14)26-12-25-16/h6-7,9-10H,4-5,8,11-12H2,1-3H3,(H,20,24). The zero-order valence-corrected chi connectivity index (χ0v) is 15.4. The number of carbonyl (C=O) groups excluding carboxylic acids is 1. The van der Waals surface area contributed by atoms with Crippen molar-refractivity contribution in [1.82, 2.24) is 15.3 Å². The summed E-state index contributed by atoms with van der Waals surface area (Å²) in [5.41, 5.74) is 1.31. The summed E-state index contributed by atoms with van der Waals surface area (Å²) < 4.78 is 10.7. The van der Waals surface area contributed by atoms with Gasteiger partial charge < -0.3 is 19.7 Å². The van der Waals surface area contributed by atoms with Gasteiger partial charge in [-0.25, -0.2) is 9.97 Å². The van der Waals surface area contributed by atoms with Crippen molar-refractivity contribution in [1.29, 1.82) is 0 Å². The minimum Gasteiger partial charge on any atom is -0.454 e. The molecule has 0 fully saturated rings. The zero-order valence-electron chi connectivity index (χ0n) is 15.4. The summed E-state index contributed by atoms with van der Waals surface area (Å²) in [5, 5.41) is 2.90. The number of nitrogens with zero attached hydrogens (tertiary/aromatic N) is 3. The third-order valence-electron chi connectivity index (χ3n) is 4.19. The lowest BCUT2D eigenvalue weighted by molar-refractivity contribution is 0.0945. The molecule has 0 spiro atoms. The van der Waals surface area contributed by atoms with Crippen LogP contribution in [0.15, 0.2) is 24.3 Å². The molecule has 7 nitrogen and oxygen atoms in total. The molecule has 2 heterocycles. The number of benzene rings is 1. The molecule has 26 heavy (non-hydrogen) atoms. The maximum atomic E-state index is 12.5. The molecule has 1 aliphatic rings. The second-order valence-corrected chi connectivity index (χ2v) is 6.30. The topological polar surface area (TPSA) is 76.6 Å². The molecule has 2 aromatic rings. The van der Waals surface area contributed by atoms with Crippen LogP contribution in [0, 0.1) is 6.92 Å². The van der Waals surface area contributed by atoms with Gasteiger partial charge in [0.2, 0.25) is 6.79 Å². The van der Waals surface area contributed by atoms with E-state index in [9.17, 15) is 4.79 Å². The number of fused-ring (bicyclic) bond motifs is 1. The average Bonchev–Trinajstić information content (AvgIpc) is 3.11. The summed E-state index contributed by atoms with van der Waals surface area (Å²) in [6.07, 6.45) is 2.18. The maximum absolute atomic E-state index is 12.5. The van der Waals surface area contributed by atoms with Crippen molar-refractivity contribution in [2.75, 3.05) is 25.3 Å². The predicted molar refractivity (Wildman–Crippen MR) is 98.7 cm³/mol. The van der Waals surface area contributed by atoms with Crippen LogP contribution in [0.25, 0.3) is 0 Å².